The van der Waals surface area contributed by atoms with E-state index in [1.807, 2.05) is 18.7 Å². The van der Waals surface area contributed by atoms with E-state index in [1.165, 1.54) is 0 Å². The molecule has 0 saturated carbocycles. The molecule has 0 radical (unpaired) electrons. The van der Waals surface area contributed by atoms with Crippen molar-refractivity contribution in [3.05, 3.63) is 0 Å². The van der Waals surface area contributed by atoms with E-state index in [-0.39, 0.29) is 17.3 Å². The van der Waals surface area contributed by atoms with Gasteiger partial charge in [0.05, 0.1) is 5.92 Å². The molecule has 0 bridgehead atoms. The maximum atomic E-state index is 12.0. The van der Waals surface area contributed by atoms with E-state index < -0.39 is 11.9 Å². The Morgan fingerprint density at radius 3 is 2.68 bits per heavy atom. The molecule has 1 aliphatic heterocycles. The molecule has 1 heterocycles. The lowest BCUT2D eigenvalue weighted by atomic mass is 10.1. The Hall–Kier alpha value is -0.910. The number of carboxylic acid groups (broad SMARTS) is 1. The predicted octanol–water partition coefficient (Wildman–Crippen LogP) is 2.02. The van der Waals surface area contributed by atoms with Gasteiger partial charge in [0, 0.05) is 30.1 Å². The minimum Gasteiger partial charge on any atom is -0.481 e. The van der Waals surface area contributed by atoms with Gasteiger partial charge in [0.15, 0.2) is 0 Å². The van der Waals surface area contributed by atoms with Crippen molar-refractivity contribution in [2.45, 2.75) is 38.4 Å². The normalized spacial score (nSPS) is 20.5. The highest BCUT2D eigenvalue weighted by atomic mass is 32.2. The Bertz CT molecular complexity index is 334. The molecule has 1 aliphatic rings. The van der Waals surface area contributed by atoms with E-state index in [0.717, 1.165) is 25.3 Å². The first-order valence-electron chi connectivity index (χ1n) is 6.75. The van der Waals surface area contributed by atoms with Crippen molar-refractivity contribution in [2.75, 3.05) is 25.4 Å². The number of hydrogen-bond acceptors (Lipinski definition) is 3. The van der Waals surface area contributed by atoms with Gasteiger partial charge < -0.3 is 15.3 Å². The molecule has 2 N–H and O–H groups in total. The van der Waals surface area contributed by atoms with Crippen LogP contribution in [-0.4, -0.2) is 52.1 Å². The number of hydrogen-bond donors (Lipinski definition) is 2. The molecular weight excluding hydrogens is 264 g/mol. The lowest BCUT2D eigenvalue weighted by molar-refractivity contribution is -0.141. The molecule has 1 rings (SSSR count). The molecule has 6 heteroatoms. The highest BCUT2D eigenvalue weighted by molar-refractivity contribution is 8.00. The summed E-state index contributed by atoms with van der Waals surface area (Å²) in [5.74, 6) is -0.423. The molecule has 2 amide bonds. The van der Waals surface area contributed by atoms with Gasteiger partial charge in [-0.25, -0.2) is 4.79 Å². The lowest BCUT2D eigenvalue weighted by Crippen LogP contribution is -2.44. The van der Waals surface area contributed by atoms with E-state index in [4.69, 9.17) is 5.11 Å². The average molecular weight is 288 g/mol. The molecule has 19 heavy (non-hydrogen) atoms. The van der Waals surface area contributed by atoms with Crippen LogP contribution in [0.5, 0.6) is 0 Å². The van der Waals surface area contributed by atoms with Crippen LogP contribution in [0.3, 0.4) is 0 Å². The maximum absolute atomic E-state index is 12.0. The fourth-order valence-electron chi connectivity index (χ4n) is 1.95. The third kappa shape index (κ3) is 5.30. The highest BCUT2D eigenvalue weighted by Gasteiger charge is 2.26. The van der Waals surface area contributed by atoms with Crippen molar-refractivity contribution in [1.29, 1.82) is 0 Å². The number of carbonyl (C=O) groups excluding carboxylic acids is 1. The number of carboxylic acids is 1. The van der Waals surface area contributed by atoms with Crippen LogP contribution in [-0.2, 0) is 4.79 Å². The maximum Gasteiger partial charge on any atom is 0.317 e. The number of amides is 2. The van der Waals surface area contributed by atoms with E-state index in [0.29, 0.717) is 6.42 Å². The molecule has 1 unspecified atom stereocenters. The van der Waals surface area contributed by atoms with Crippen molar-refractivity contribution < 1.29 is 14.7 Å². The summed E-state index contributed by atoms with van der Waals surface area (Å²) < 4.78 is 0.210. The van der Waals surface area contributed by atoms with Gasteiger partial charge in [0.2, 0.25) is 0 Å². The zero-order valence-corrected chi connectivity index (χ0v) is 12.8. The molecule has 0 aromatic rings. The van der Waals surface area contributed by atoms with Crippen molar-refractivity contribution in [2.24, 2.45) is 5.92 Å². The average Bonchev–Trinajstić information content (AvgIpc) is 2.50. The minimum atomic E-state index is -0.852. The second-order valence-electron chi connectivity index (χ2n) is 5.47. The summed E-state index contributed by atoms with van der Waals surface area (Å²) >= 11 is 1.88. The Morgan fingerprint density at radius 2 is 2.11 bits per heavy atom. The topological polar surface area (TPSA) is 69.6 Å². The number of thioether (sulfide) groups is 1. The number of carbonyl (C=O) groups is 2. The second-order valence-corrected chi connectivity index (χ2v) is 7.28. The molecular formula is C13H24N2O3S. The molecule has 110 valence electrons. The van der Waals surface area contributed by atoms with E-state index >= 15 is 0 Å². The number of nitrogens with one attached hydrogen (secondary N) is 1. The summed E-state index contributed by atoms with van der Waals surface area (Å²) in [6.07, 6.45) is 1.49. The van der Waals surface area contributed by atoms with Crippen molar-refractivity contribution in [3.8, 4) is 0 Å². The monoisotopic (exact) mass is 288 g/mol. The van der Waals surface area contributed by atoms with Gasteiger partial charge >= 0.3 is 12.0 Å². The van der Waals surface area contributed by atoms with Crippen molar-refractivity contribution in [1.82, 2.24) is 10.2 Å². The van der Waals surface area contributed by atoms with Crippen LogP contribution in [0.2, 0.25) is 0 Å². The molecule has 5 nitrogen and oxygen atoms in total. The quantitative estimate of drug-likeness (QED) is 0.830. The summed E-state index contributed by atoms with van der Waals surface area (Å²) in [5, 5.41) is 11.7. The molecule has 1 fully saturated rings. The zero-order valence-electron chi connectivity index (χ0n) is 11.9. The van der Waals surface area contributed by atoms with Gasteiger partial charge in [0.1, 0.15) is 0 Å². The fourth-order valence-corrected chi connectivity index (χ4v) is 3.05. The lowest BCUT2D eigenvalue weighted by Gasteiger charge is -2.23. The van der Waals surface area contributed by atoms with Gasteiger partial charge in [-0.2, -0.15) is 11.8 Å². The predicted molar refractivity (Wildman–Crippen MR) is 77.5 cm³/mol. The number of aliphatic carboxylic acids is 1. The van der Waals surface area contributed by atoms with Gasteiger partial charge in [-0.05, 0) is 12.8 Å². The third-order valence-corrected chi connectivity index (χ3v) is 4.84. The van der Waals surface area contributed by atoms with Crippen LogP contribution in [0.15, 0.2) is 0 Å². The van der Waals surface area contributed by atoms with Crippen molar-refractivity contribution >= 4 is 23.8 Å². The van der Waals surface area contributed by atoms with E-state index in [1.54, 1.807) is 4.90 Å². The molecule has 1 saturated heterocycles. The fraction of sp³-hybridized carbons (Fsp3) is 0.846. The minimum absolute atomic E-state index is 0.141. The van der Waals surface area contributed by atoms with E-state index in [2.05, 4.69) is 19.2 Å². The first-order chi connectivity index (χ1) is 8.85. The standard InChI is InChI=1S/C13H24N2O3S/c1-4-10(11(16)17)9-14-12(18)15-6-5-13(2,3)19-8-7-15/h10H,4-9H2,1-3H3,(H,14,18)(H,16,17). The summed E-state index contributed by atoms with van der Waals surface area (Å²) in [5.41, 5.74) is 0. The Morgan fingerprint density at radius 1 is 1.42 bits per heavy atom. The van der Waals surface area contributed by atoms with Gasteiger partial charge in [-0.3, -0.25) is 4.79 Å². The summed E-state index contributed by atoms with van der Waals surface area (Å²) in [7, 11) is 0. The first-order valence-corrected chi connectivity index (χ1v) is 7.74. The Balaban J connectivity index is 2.43. The molecule has 0 spiro atoms. The van der Waals surface area contributed by atoms with Crippen LogP contribution in [0, 0.1) is 5.92 Å². The smallest absolute Gasteiger partial charge is 0.317 e. The van der Waals surface area contributed by atoms with Gasteiger partial charge in [-0.15, -0.1) is 0 Å². The molecule has 1 atom stereocenters. The van der Waals surface area contributed by atoms with Crippen LogP contribution in [0.25, 0.3) is 0 Å². The van der Waals surface area contributed by atoms with Crippen LogP contribution in [0.1, 0.15) is 33.6 Å². The summed E-state index contributed by atoms with van der Waals surface area (Å²) in [6.45, 7) is 7.86. The summed E-state index contributed by atoms with van der Waals surface area (Å²) in [6, 6.07) is -0.141. The molecule has 0 aliphatic carbocycles. The van der Waals surface area contributed by atoms with Gasteiger partial charge in [-0.1, -0.05) is 20.8 Å². The Labute approximate surface area is 119 Å². The number of nitrogens with zero attached hydrogens (tertiary/aromatic N) is 1. The van der Waals surface area contributed by atoms with Crippen LogP contribution >= 0.6 is 11.8 Å². The van der Waals surface area contributed by atoms with Crippen LogP contribution in [0.4, 0.5) is 4.79 Å². The first kappa shape index (κ1) is 16.1. The SMILES string of the molecule is CCC(CNC(=O)N1CCSC(C)(C)CC1)C(=O)O. The number of rotatable bonds is 4. The summed E-state index contributed by atoms with van der Waals surface area (Å²) in [4.78, 5) is 24.7. The molecule has 0 aromatic heterocycles. The zero-order chi connectivity index (χ0) is 14.5. The van der Waals surface area contributed by atoms with Crippen molar-refractivity contribution in [3.63, 3.8) is 0 Å². The number of urea groups is 1. The van der Waals surface area contributed by atoms with E-state index in [9.17, 15) is 9.59 Å². The van der Waals surface area contributed by atoms with Crippen LogP contribution < -0.4 is 5.32 Å². The van der Waals surface area contributed by atoms with Gasteiger partial charge in [0.25, 0.3) is 0 Å². The Kier molecular flexibility index (Phi) is 5.97. The third-order valence-electron chi connectivity index (χ3n) is 3.47. The largest absolute Gasteiger partial charge is 0.481 e. The second kappa shape index (κ2) is 7.03. The highest BCUT2D eigenvalue weighted by Crippen LogP contribution is 2.30. The molecule has 0 aromatic carbocycles.